The normalized spacial score (nSPS) is 9.95. The summed E-state index contributed by atoms with van der Waals surface area (Å²) < 4.78 is 0. The number of rotatable bonds is 3. The van der Waals surface area contributed by atoms with Gasteiger partial charge in [-0.05, 0) is 29.8 Å². The Balaban J connectivity index is 1.87. The summed E-state index contributed by atoms with van der Waals surface area (Å²) in [5, 5.41) is 14.8. The fourth-order valence-corrected chi connectivity index (χ4v) is 1.57. The van der Waals surface area contributed by atoms with Crippen molar-refractivity contribution in [2.75, 3.05) is 5.32 Å². The van der Waals surface area contributed by atoms with Gasteiger partial charge in [0.15, 0.2) is 0 Å². The third-order valence-corrected chi connectivity index (χ3v) is 2.66. The van der Waals surface area contributed by atoms with Crippen LogP contribution in [0.2, 0.25) is 0 Å². The molecule has 0 aliphatic heterocycles. The highest BCUT2D eigenvalue weighted by atomic mass is 16.2. The Labute approximate surface area is 127 Å². The Morgan fingerprint density at radius 3 is 2.32 bits per heavy atom. The van der Waals surface area contributed by atoms with Gasteiger partial charge in [0.2, 0.25) is 0 Å². The van der Waals surface area contributed by atoms with Crippen molar-refractivity contribution < 1.29 is 9.59 Å². The van der Waals surface area contributed by atoms with Gasteiger partial charge in [0.25, 0.3) is 0 Å². The maximum atomic E-state index is 11.6. The monoisotopic (exact) mass is 292 g/mol. The number of hydrogen-bond acceptors (Lipinski definition) is 4. The average molecular weight is 292 g/mol. The van der Waals surface area contributed by atoms with Crippen LogP contribution in [0.25, 0.3) is 0 Å². The molecule has 2 amide bonds. The molecular formula is C16H12N4O2. The van der Waals surface area contributed by atoms with E-state index >= 15 is 0 Å². The molecule has 0 unspecified atom stereocenters. The molecule has 0 atom stereocenters. The number of hydrogen-bond donors (Lipinski definition) is 2. The van der Waals surface area contributed by atoms with Crippen LogP contribution in [0, 0.1) is 11.3 Å². The Kier molecular flexibility index (Phi) is 5.00. The van der Waals surface area contributed by atoms with Gasteiger partial charge in [-0.15, -0.1) is 0 Å². The first kappa shape index (κ1) is 14.9. The van der Waals surface area contributed by atoms with Gasteiger partial charge in [0.1, 0.15) is 0 Å². The fraction of sp³-hybridized carbons (Fsp3) is 0. The molecule has 6 nitrogen and oxygen atoms in total. The maximum absolute atomic E-state index is 11.6. The minimum atomic E-state index is -0.867. The highest BCUT2D eigenvalue weighted by Gasteiger charge is 2.12. The zero-order valence-corrected chi connectivity index (χ0v) is 11.5. The number of hydrazone groups is 1. The summed E-state index contributed by atoms with van der Waals surface area (Å²) >= 11 is 0. The van der Waals surface area contributed by atoms with Crippen molar-refractivity contribution in [1.82, 2.24) is 5.43 Å². The van der Waals surface area contributed by atoms with Crippen LogP contribution in [0.15, 0.2) is 59.7 Å². The standard InChI is InChI=1S/C16H12N4O2/c17-10-12-6-8-13(9-7-12)11-18-20-16(22)15(21)19-14-4-2-1-3-5-14/h1-9,11H,(H,19,21)(H,20,22). The van der Waals surface area contributed by atoms with Gasteiger partial charge in [-0.2, -0.15) is 10.4 Å². The van der Waals surface area contributed by atoms with Crippen molar-refractivity contribution >= 4 is 23.7 Å². The highest BCUT2D eigenvalue weighted by molar-refractivity contribution is 6.39. The first-order chi connectivity index (χ1) is 10.7. The molecule has 0 aromatic heterocycles. The third-order valence-electron chi connectivity index (χ3n) is 2.66. The lowest BCUT2D eigenvalue weighted by Gasteiger charge is -2.02. The van der Waals surface area contributed by atoms with Crippen LogP contribution in [0.1, 0.15) is 11.1 Å². The molecule has 0 fully saturated rings. The van der Waals surface area contributed by atoms with Crippen LogP contribution in [-0.4, -0.2) is 18.0 Å². The van der Waals surface area contributed by atoms with Crippen molar-refractivity contribution in [3.8, 4) is 6.07 Å². The van der Waals surface area contributed by atoms with Gasteiger partial charge in [-0.25, -0.2) is 5.43 Å². The smallest absolute Gasteiger partial charge is 0.318 e. The Morgan fingerprint density at radius 2 is 1.68 bits per heavy atom. The Morgan fingerprint density at radius 1 is 1.00 bits per heavy atom. The number of amides is 2. The van der Waals surface area contributed by atoms with E-state index in [1.54, 1.807) is 54.6 Å². The van der Waals surface area contributed by atoms with Crippen molar-refractivity contribution in [2.24, 2.45) is 5.10 Å². The molecule has 0 heterocycles. The lowest BCUT2D eigenvalue weighted by Crippen LogP contribution is -2.32. The molecule has 6 heteroatoms. The summed E-state index contributed by atoms with van der Waals surface area (Å²) in [6, 6.07) is 17.3. The third kappa shape index (κ3) is 4.28. The highest BCUT2D eigenvalue weighted by Crippen LogP contribution is 2.04. The van der Waals surface area contributed by atoms with Gasteiger partial charge in [-0.3, -0.25) is 9.59 Å². The topological polar surface area (TPSA) is 94.3 Å². The molecule has 0 bridgehead atoms. The molecule has 0 spiro atoms. The van der Waals surface area contributed by atoms with Crippen LogP contribution in [0.3, 0.4) is 0 Å². The predicted molar refractivity (Wildman–Crippen MR) is 82.0 cm³/mol. The van der Waals surface area contributed by atoms with Gasteiger partial charge >= 0.3 is 11.8 Å². The SMILES string of the molecule is N#Cc1ccc(C=NNC(=O)C(=O)Nc2ccccc2)cc1. The Bertz CT molecular complexity index is 731. The first-order valence-corrected chi connectivity index (χ1v) is 6.38. The van der Waals surface area contributed by atoms with Crippen molar-refractivity contribution in [2.45, 2.75) is 0 Å². The molecule has 2 N–H and O–H groups in total. The largest absolute Gasteiger partial charge is 0.329 e. The molecule has 0 radical (unpaired) electrons. The van der Waals surface area contributed by atoms with Crippen molar-refractivity contribution in [3.05, 3.63) is 65.7 Å². The number of para-hydroxylation sites is 1. The van der Waals surface area contributed by atoms with Crippen molar-refractivity contribution in [1.29, 1.82) is 5.26 Å². The molecule has 0 saturated carbocycles. The molecule has 0 saturated heterocycles. The van der Waals surface area contributed by atoms with E-state index in [0.29, 0.717) is 16.8 Å². The van der Waals surface area contributed by atoms with Crippen molar-refractivity contribution in [3.63, 3.8) is 0 Å². The zero-order chi connectivity index (χ0) is 15.8. The van der Waals surface area contributed by atoms with E-state index in [9.17, 15) is 9.59 Å². The van der Waals surface area contributed by atoms with E-state index in [2.05, 4.69) is 15.8 Å². The summed E-state index contributed by atoms with van der Waals surface area (Å²) in [5.74, 6) is -1.67. The second-order valence-corrected chi connectivity index (χ2v) is 4.25. The summed E-state index contributed by atoms with van der Waals surface area (Å²) in [6.07, 6.45) is 1.38. The number of nitriles is 1. The molecule has 22 heavy (non-hydrogen) atoms. The molecule has 2 rings (SSSR count). The van der Waals surface area contributed by atoms with Gasteiger partial charge in [0.05, 0.1) is 17.8 Å². The van der Waals surface area contributed by atoms with Crippen LogP contribution < -0.4 is 10.7 Å². The van der Waals surface area contributed by atoms with Crippen LogP contribution in [0.5, 0.6) is 0 Å². The van der Waals surface area contributed by atoms with E-state index in [1.165, 1.54) is 6.21 Å². The van der Waals surface area contributed by atoms with Crippen LogP contribution in [-0.2, 0) is 9.59 Å². The number of nitrogens with zero attached hydrogens (tertiary/aromatic N) is 2. The van der Waals surface area contributed by atoms with E-state index in [4.69, 9.17) is 5.26 Å². The fourth-order valence-electron chi connectivity index (χ4n) is 1.57. The summed E-state index contributed by atoms with van der Waals surface area (Å²) in [7, 11) is 0. The van der Waals surface area contributed by atoms with E-state index in [1.807, 2.05) is 6.07 Å². The first-order valence-electron chi connectivity index (χ1n) is 6.38. The molecular weight excluding hydrogens is 280 g/mol. The number of anilines is 1. The summed E-state index contributed by atoms with van der Waals surface area (Å²) in [5.41, 5.74) is 3.89. The maximum Gasteiger partial charge on any atom is 0.329 e. The molecule has 0 aliphatic rings. The van der Waals surface area contributed by atoms with E-state index in [-0.39, 0.29) is 0 Å². The molecule has 0 aliphatic carbocycles. The lowest BCUT2D eigenvalue weighted by molar-refractivity contribution is -0.136. The van der Waals surface area contributed by atoms with Crippen LogP contribution >= 0.6 is 0 Å². The van der Waals surface area contributed by atoms with Gasteiger partial charge < -0.3 is 5.32 Å². The van der Waals surface area contributed by atoms with Gasteiger partial charge in [0, 0.05) is 5.69 Å². The minimum absolute atomic E-state index is 0.527. The van der Waals surface area contributed by atoms with E-state index < -0.39 is 11.8 Å². The molecule has 2 aromatic carbocycles. The number of benzene rings is 2. The lowest BCUT2D eigenvalue weighted by atomic mass is 10.2. The van der Waals surface area contributed by atoms with Gasteiger partial charge in [-0.1, -0.05) is 30.3 Å². The number of carbonyl (C=O) groups is 2. The average Bonchev–Trinajstić information content (AvgIpc) is 2.56. The Hall–Kier alpha value is -3.46. The predicted octanol–water partition coefficient (Wildman–Crippen LogP) is 1.65. The second kappa shape index (κ2) is 7.36. The number of nitrogens with one attached hydrogen (secondary N) is 2. The number of carbonyl (C=O) groups excluding carboxylic acids is 2. The quantitative estimate of drug-likeness (QED) is 0.511. The minimum Gasteiger partial charge on any atom is -0.318 e. The summed E-state index contributed by atoms with van der Waals surface area (Å²) in [4.78, 5) is 23.2. The molecule has 2 aromatic rings. The molecule has 108 valence electrons. The van der Waals surface area contributed by atoms with Crippen LogP contribution in [0.4, 0.5) is 5.69 Å². The second-order valence-electron chi connectivity index (χ2n) is 4.25. The summed E-state index contributed by atoms with van der Waals surface area (Å²) in [6.45, 7) is 0. The van der Waals surface area contributed by atoms with E-state index in [0.717, 1.165) is 0 Å². The zero-order valence-electron chi connectivity index (χ0n) is 11.5.